The summed E-state index contributed by atoms with van der Waals surface area (Å²) in [5.41, 5.74) is 7.68. The second-order valence-corrected chi connectivity index (χ2v) is 7.18. The van der Waals surface area contributed by atoms with Gasteiger partial charge in [-0.1, -0.05) is 51.1 Å². The minimum Gasteiger partial charge on any atom is -0.368 e. The number of benzene rings is 1. The van der Waals surface area contributed by atoms with Gasteiger partial charge in [0.25, 0.3) is 5.91 Å². The van der Waals surface area contributed by atoms with Gasteiger partial charge in [0.2, 0.25) is 5.91 Å². The van der Waals surface area contributed by atoms with Gasteiger partial charge in [-0.15, -0.1) is 0 Å². The molecule has 0 spiro atoms. The lowest BCUT2D eigenvalue weighted by Gasteiger charge is -2.34. The number of primary amides is 1. The third-order valence-electron chi connectivity index (χ3n) is 4.27. The fourth-order valence-electron chi connectivity index (χ4n) is 2.85. The highest BCUT2D eigenvalue weighted by atomic mass is 16.2. The van der Waals surface area contributed by atoms with Crippen LogP contribution in [0.4, 0.5) is 0 Å². The van der Waals surface area contributed by atoms with E-state index in [-0.39, 0.29) is 11.3 Å². The van der Waals surface area contributed by atoms with Crippen LogP contribution >= 0.6 is 0 Å². The molecule has 0 bridgehead atoms. The number of aromatic nitrogens is 2. The van der Waals surface area contributed by atoms with Crippen LogP contribution in [0, 0.1) is 0 Å². The molecule has 0 saturated heterocycles. The summed E-state index contributed by atoms with van der Waals surface area (Å²) in [5.74, 6) is -0.727. The zero-order valence-corrected chi connectivity index (χ0v) is 14.2. The summed E-state index contributed by atoms with van der Waals surface area (Å²) < 4.78 is 1.61. The van der Waals surface area contributed by atoms with E-state index < -0.39 is 11.9 Å². The SMILES string of the molecule is CC(C)(C)c1cc2n(n1)CC(C(N)=O)N(Cc1ccccc1)C2=O. The molecule has 2 heterocycles. The fraction of sp³-hybridized carbons (Fsp3) is 0.389. The van der Waals surface area contributed by atoms with Crippen molar-refractivity contribution in [2.24, 2.45) is 5.73 Å². The minimum absolute atomic E-state index is 0.170. The van der Waals surface area contributed by atoms with Crippen molar-refractivity contribution in [3.05, 3.63) is 53.3 Å². The highest BCUT2D eigenvalue weighted by molar-refractivity contribution is 5.97. The summed E-state index contributed by atoms with van der Waals surface area (Å²) >= 11 is 0. The molecule has 2 aromatic rings. The lowest BCUT2D eigenvalue weighted by atomic mass is 9.92. The molecule has 126 valence electrons. The van der Waals surface area contributed by atoms with E-state index in [0.29, 0.717) is 18.8 Å². The quantitative estimate of drug-likeness (QED) is 0.932. The normalized spacial score (nSPS) is 17.7. The van der Waals surface area contributed by atoms with Gasteiger partial charge in [0, 0.05) is 12.0 Å². The Labute approximate surface area is 141 Å². The first kappa shape index (κ1) is 16.2. The third kappa shape index (κ3) is 2.91. The first-order valence-electron chi connectivity index (χ1n) is 8.00. The van der Waals surface area contributed by atoms with Crippen molar-refractivity contribution >= 4 is 11.8 Å². The molecule has 0 saturated carbocycles. The Kier molecular flexibility index (Phi) is 3.91. The van der Waals surface area contributed by atoms with Gasteiger partial charge >= 0.3 is 0 Å². The maximum Gasteiger partial charge on any atom is 0.273 e. The highest BCUT2D eigenvalue weighted by Crippen LogP contribution is 2.26. The van der Waals surface area contributed by atoms with Crippen LogP contribution in [-0.4, -0.2) is 32.5 Å². The molecule has 2 N–H and O–H groups in total. The topological polar surface area (TPSA) is 81.2 Å². The summed E-state index contributed by atoms with van der Waals surface area (Å²) in [6, 6.07) is 10.7. The number of amides is 2. The van der Waals surface area contributed by atoms with Crippen molar-refractivity contribution in [2.45, 2.75) is 45.3 Å². The summed E-state index contributed by atoms with van der Waals surface area (Å²) in [5, 5.41) is 4.51. The summed E-state index contributed by atoms with van der Waals surface area (Å²) in [4.78, 5) is 26.4. The Balaban J connectivity index is 1.98. The number of carbonyl (C=O) groups excluding carboxylic acids is 2. The zero-order chi connectivity index (χ0) is 17.5. The van der Waals surface area contributed by atoms with Crippen LogP contribution in [-0.2, 0) is 23.3 Å². The van der Waals surface area contributed by atoms with Gasteiger partial charge < -0.3 is 10.6 Å². The number of nitrogens with zero attached hydrogens (tertiary/aromatic N) is 3. The molecule has 3 rings (SSSR count). The molecule has 6 nitrogen and oxygen atoms in total. The van der Waals surface area contributed by atoms with E-state index in [1.165, 1.54) is 0 Å². The van der Waals surface area contributed by atoms with Crippen molar-refractivity contribution in [3.63, 3.8) is 0 Å². The molecule has 0 fully saturated rings. The van der Waals surface area contributed by atoms with Crippen molar-refractivity contribution in [1.29, 1.82) is 0 Å². The van der Waals surface area contributed by atoms with E-state index in [0.717, 1.165) is 11.3 Å². The number of hydrogen-bond donors (Lipinski definition) is 1. The average molecular weight is 326 g/mol. The molecule has 1 aliphatic rings. The smallest absolute Gasteiger partial charge is 0.273 e. The minimum atomic E-state index is -0.696. The molecule has 1 aromatic carbocycles. The molecule has 6 heteroatoms. The lowest BCUT2D eigenvalue weighted by Crippen LogP contribution is -2.53. The Bertz CT molecular complexity index is 774. The van der Waals surface area contributed by atoms with Crippen LogP contribution in [0.3, 0.4) is 0 Å². The fourth-order valence-corrected chi connectivity index (χ4v) is 2.85. The molecule has 0 aliphatic carbocycles. The van der Waals surface area contributed by atoms with Crippen molar-refractivity contribution in [2.75, 3.05) is 0 Å². The molecule has 1 atom stereocenters. The van der Waals surface area contributed by atoms with E-state index in [9.17, 15) is 9.59 Å². The molecular formula is C18H22N4O2. The number of carbonyl (C=O) groups is 2. The largest absolute Gasteiger partial charge is 0.368 e. The Hall–Kier alpha value is -2.63. The monoisotopic (exact) mass is 326 g/mol. The van der Waals surface area contributed by atoms with E-state index >= 15 is 0 Å². The van der Waals surface area contributed by atoms with Gasteiger partial charge in [0.1, 0.15) is 11.7 Å². The predicted octanol–water partition coefficient (Wildman–Crippen LogP) is 1.69. The molecule has 24 heavy (non-hydrogen) atoms. The summed E-state index contributed by atoms with van der Waals surface area (Å²) in [7, 11) is 0. The van der Waals surface area contributed by atoms with Crippen molar-refractivity contribution < 1.29 is 9.59 Å². The maximum absolute atomic E-state index is 12.9. The number of rotatable bonds is 3. The zero-order valence-electron chi connectivity index (χ0n) is 14.2. The van der Waals surface area contributed by atoms with Gasteiger partial charge in [0.05, 0.1) is 12.2 Å². The van der Waals surface area contributed by atoms with E-state index in [4.69, 9.17) is 5.73 Å². The van der Waals surface area contributed by atoms with E-state index in [2.05, 4.69) is 5.10 Å². The Morgan fingerprint density at radius 2 is 1.96 bits per heavy atom. The predicted molar refractivity (Wildman–Crippen MR) is 90.2 cm³/mol. The van der Waals surface area contributed by atoms with Crippen LogP contribution < -0.4 is 5.73 Å². The second-order valence-electron chi connectivity index (χ2n) is 7.18. The number of hydrogen-bond acceptors (Lipinski definition) is 3. The van der Waals surface area contributed by atoms with E-state index in [1.807, 2.05) is 57.2 Å². The van der Waals surface area contributed by atoms with Gasteiger partial charge in [-0.3, -0.25) is 14.3 Å². The van der Waals surface area contributed by atoms with Crippen molar-refractivity contribution in [1.82, 2.24) is 14.7 Å². The number of fused-ring (bicyclic) bond motifs is 1. The average Bonchev–Trinajstić information content (AvgIpc) is 2.95. The summed E-state index contributed by atoms with van der Waals surface area (Å²) in [6.45, 7) is 6.76. The lowest BCUT2D eigenvalue weighted by molar-refractivity contribution is -0.123. The third-order valence-corrected chi connectivity index (χ3v) is 4.27. The van der Waals surface area contributed by atoms with Crippen molar-refractivity contribution in [3.8, 4) is 0 Å². The first-order valence-corrected chi connectivity index (χ1v) is 8.00. The van der Waals surface area contributed by atoms with Gasteiger partial charge in [0.15, 0.2) is 0 Å². The van der Waals surface area contributed by atoms with Crippen LogP contribution in [0.25, 0.3) is 0 Å². The second kappa shape index (κ2) is 5.78. The molecule has 1 aliphatic heterocycles. The van der Waals surface area contributed by atoms with Crippen LogP contribution in [0.1, 0.15) is 42.5 Å². The maximum atomic E-state index is 12.9. The molecule has 1 unspecified atom stereocenters. The Morgan fingerprint density at radius 3 is 2.54 bits per heavy atom. The standard InChI is InChI=1S/C18H22N4O2/c1-18(2,3)15-9-13-17(24)21(10-12-7-5-4-6-8-12)14(16(19)23)11-22(13)20-15/h4-9,14H,10-11H2,1-3H3,(H2,19,23). The summed E-state index contributed by atoms with van der Waals surface area (Å²) in [6.07, 6.45) is 0. The molecule has 1 aromatic heterocycles. The first-order chi connectivity index (χ1) is 11.3. The Morgan fingerprint density at radius 1 is 1.29 bits per heavy atom. The molecule has 2 amide bonds. The van der Waals surface area contributed by atoms with Gasteiger partial charge in [-0.05, 0) is 11.6 Å². The van der Waals surface area contributed by atoms with Gasteiger partial charge in [-0.25, -0.2) is 0 Å². The highest BCUT2D eigenvalue weighted by Gasteiger charge is 2.37. The molecular weight excluding hydrogens is 304 g/mol. The van der Waals surface area contributed by atoms with Crippen LogP contribution in [0.5, 0.6) is 0 Å². The van der Waals surface area contributed by atoms with Crippen LogP contribution in [0.15, 0.2) is 36.4 Å². The van der Waals surface area contributed by atoms with E-state index in [1.54, 1.807) is 9.58 Å². The van der Waals surface area contributed by atoms with Gasteiger partial charge in [-0.2, -0.15) is 5.10 Å². The molecule has 0 radical (unpaired) electrons. The number of nitrogens with two attached hydrogens (primary N) is 1. The van der Waals surface area contributed by atoms with Crippen LogP contribution in [0.2, 0.25) is 0 Å².